The van der Waals surface area contributed by atoms with Gasteiger partial charge in [-0.15, -0.1) is 0 Å². The molecule has 0 spiro atoms. The van der Waals surface area contributed by atoms with Gasteiger partial charge in [0.2, 0.25) is 0 Å². The van der Waals surface area contributed by atoms with Gasteiger partial charge in [0.1, 0.15) is 10.4 Å². The quantitative estimate of drug-likeness (QED) is 0.865. The Kier molecular flexibility index (Phi) is 3.43. The summed E-state index contributed by atoms with van der Waals surface area (Å²) in [5.41, 5.74) is 2.32. The monoisotopic (exact) mass is 295 g/mol. The van der Waals surface area contributed by atoms with E-state index in [0.29, 0.717) is 5.92 Å². The highest BCUT2D eigenvalue weighted by atomic mass is 79.9. The fraction of sp³-hybridized carbons (Fsp3) is 0.462. The number of imidazole rings is 1. The van der Waals surface area contributed by atoms with E-state index >= 15 is 0 Å². The number of fused-ring (bicyclic) bond motifs is 1. The second kappa shape index (κ2) is 4.69. The number of hydrogen-bond donors (Lipinski definition) is 0. The van der Waals surface area contributed by atoms with Gasteiger partial charge in [-0.2, -0.15) is 0 Å². The zero-order chi connectivity index (χ0) is 12.6. The number of rotatable bonds is 3. The van der Waals surface area contributed by atoms with Crippen molar-refractivity contribution in [1.29, 1.82) is 0 Å². The molecule has 17 heavy (non-hydrogen) atoms. The molecular weight excluding hydrogens is 278 g/mol. The molecule has 4 heteroatoms. The van der Waals surface area contributed by atoms with Crippen LogP contribution < -0.4 is 4.90 Å². The number of halogens is 1. The van der Waals surface area contributed by atoms with Gasteiger partial charge in [0.15, 0.2) is 0 Å². The van der Waals surface area contributed by atoms with Crippen molar-refractivity contribution < 1.29 is 0 Å². The molecule has 0 radical (unpaired) electrons. The molecular formula is C13H18BrN3. The lowest BCUT2D eigenvalue weighted by Gasteiger charge is -2.13. The number of nitrogens with zero attached hydrogens (tertiary/aromatic N) is 3. The van der Waals surface area contributed by atoms with Crippen LogP contribution in [0.2, 0.25) is 0 Å². The maximum atomic E-state index is 4.59. The summed E-state index contributed by atoms with van der Waals surface area (Å²) in [6.07, 6.45) is 3.13. The van der Waals surface area contributed by atoms with Crippen LogP contribution in [-0.4, -0.2) is 23.5 Å². The molecule has 2 rings (SSSR count). The average molecular weight is 296 g/mol. The van der Waals surface area contributed by atoms with E-state index in [9.17, 15) is 0 Å². The molecule has 0 atom stereocenters. The molecule has 0 amide bonds. The normalized spacial score (nSPS) is 11.4. The first-order valence-electron chi connectivity index (χ1n) is 5.83. The molecule has 0 saturated carbocycles. The maximum Gasteiger partial charge on any atom is 0.132 e. The zero-order valence-electron chi connectivity index (χ0n) is 10.7. The third-order valence-electron chi connectivity index (χ3n) is 2.76. The van der Waals surface area contributed by atoms with Crippen molar-refractivity contribution in [2.24, 2.45) is 5.92 Å². The lowest BCUT2D eigenvalue weighted by Crippen LogP contribution is -2.10. The summed E-state index contributed by atoms with van der Waals surface area (Å²) in [4.78, 5) is 6.70. The number of aromatic nitrogens is 2. The molecule has 2 aromatic heterocycles. The summed E-state index contributed by atoms with van der Waals surface area (Å²) in [7, 11) is 4.10. The standard InChI is InChI=1S/C13H18BrN3/c1-9(2)7-12-15-13(14)11-6-5-10(16(3)4)8-17(11)12/h5-6,8-9H,7H2,1-4H3. The largest absolute Gasteiger partial charge is 0.376 e. The fourth-order valence-electron chi connectivity index (χ4n) is 1.87. The summed E-state index contributed by atoms with van der Waals surface area (Å²) in [6.45, 7) is 4.43. The van der Waals surface area contributed by atoms with E-state index in [1.165, 1.54) is 5.69 Å². The predicted molar refractivity (Wildman–Crippen MR) is 75.8 cm³/mol. The van der Waals surface area contributed by atoms with Crippen molar-refractivity contribution in [2.45, 2.75) is 20.3 Å². The molecule has 0 saturated heterocycles. The smallest absolute Gasteiger partial charge is 0.132 e. The number of hydrogen-bond acceptors (Lipinski definition) is 2. The summed E-state index contributed by atoms with van der Waals surface area (Å²) in [6, 6.07) is 4.22. The molecule has 0 aromatic carbocycles. The van der Waals surface area contributed by atoms with Crippen molar-refractivity contribution in [3.8, 4) is 0 Å². The number of pyridine rings is 1. The van der Waals surface area contributed by atoms with Crippen LogP contribution in [0.1, 0.15) is 19.7 Å². The van der Waals surface area contributed by atoms with Crippen LogP contribution in [0.3, 0.4) is 0 Å². The van der Waals surface area contributed by atoms with Gasteiger partial charge in [-0.05, 0) is 34.0 Å². The van der Waals surface area contributed by atoms with Crippen molar-refractivity contribution in [3.63, 3.8) is 0 Å². The Labute approximate surface area is 111 Å². The van der Waals surface area contributed by atoms with Gasteiger partial charge >= 0.3 is 0 Å². The third kappa shape index (κ3) is 2.46. The minimum atomic E-state index is 0.607. The minimum Gasteiger partial charge on any atom is -0.376 e. The molecule has 92 valence electrons. The van der Waals surface area contributed by atoms with E-state index in [4.69, 9.17) is 0 Å². The van der Waals surface area contributed by atoms with Crippen LogP contribution in [0.25, 0.3) is 5.52 Å². The van der Waals surface area contributed by atoms with E-state index in [0.717, 1.165) is 22.4 Å². The van der Waals surface area contributed by atoms with Crippen molar-refractivity contribution >= 4 is 27.1 Å². The van der Waals surface area contributed by atoms with Crippen molar-refractivity contribution in [2.75, 3.05) is 19.0 Å². The van der Waals surface area contributed by atoms with E-state index in [-0.39, 0.29) is 0 Å². The van der Waals surface area contributed by atoms with E-state index in [2.05, 4.69) is 76.5 Å². The van der Waals surface area contributed by atoms with Crippen LogP contribution in [-0.2, 0) is 6.42 Å². The molecule has 3 nitrogen and oxygen atoms in total. The Bertz CT molecular complexity index is 529. The van der Waals surface area contributed by atoms with E-state index in [1.807, 2.05) is 0 Å². The van der Waals surface area contributed by atoms with Crippen LogP contribution >= 0.6 is 15.9 Å². The lowest BCUT2D eigenvalue weighted by atomic mass is 10.1. The highest BCUT2D eigenvalue weighted by Gasteiger charge is 2.11. The Hall–Kier alpha value is -1.03. The van der Waals surface area contributed by atoms with Crippen molar-refractivity contribution in [1.82, 2.24) is 9.38 Å². The SMILES string of the molecule is CC(C)Cc1nc(Br)c2ccc(N(C)C)cn12. The highest BCUT2D eigenvalue weighted by Crippen LogP contribution is 2.23. The van der Waals surface area contributed by atoms with Gasteiger partial charge in [-0.3, -0.25) is 0 Å². The summed E-state index contributed by atoms with van der Waals surface area (Å²) < 4.78 is 3.11. The summed E-state index contributed by atoms with van der Waals surface area (Å²) in [5.74, 6) is 1.72. The van der Waals surface area contributed by atoms with E-state index < -0.39 is 0 Å². The van der Waals surface area contributed by atoms with Crippen LogP contribution in [0.5, 0.6) is 0 Å². The van der Waals surface area contributed by atoms with Gasteiger partial charge in [0.25, 0.3) is 0 Å². The van der Waals surface area contributed by atoms with Crippen LogP contribution in [0.4, 0.5) is 5.69 Å². The maximum absolute atomic E-state index is 4.59. The molecule has 0 unspecified atom stereocenters. The van der Waals surface area contributed by atoms with E-state index in [1.54, 1.807) is 0 Å². The zero-order valence-corrected chi connectivity index (χ0v) is 12.3. The van der Waals surface area contributed by atoms with Crippen LogP contribution in [0.15, 0.2) is 22.9 Å². The Morgan fingerprint density at radius 3 is 2.65 bits per heavy atom. The summed E-state index contributed by atoms with van der Waals surface area (Å²) in [5, 5.41) is 0. The topological polar surface area (TPSA) is 20.5 Å². The Balaban J connectivity index is 2.56. The first-order chi connectivity index (χ1) is 7.99. The van der Waals surface area contributed by atoms with Gasteiger partial charge in [0.05, 0.1) is 11.2 Å². The average Bonchev–Trinajstić information content (AvgIpc) is 2.54. The second-order valence-corrected chi connectivity index (χ2v) is 5.70. The minimum absolute atomic E-state index is 0.607. The molecule has 2 aromatic rings. The van der Waals surface area contributed by atoms with Crippen molar-refractivity contribution in [3.05, 3.63) is 28.8 Å². The first kappa shape index (κ1) is 12.4. The Morgan fingerprint density at radius 2 is 2.06 bits per heavy atom. The van der Waals surface area contributed by atoms with Crippen LogP contribution in [0, 0.1) is 5.92 Å². The molecule has 0 aliphatic carbocycles. The second-order valence-electron chi connectivity index (χ2n) is 4.95. The Morgan fingerprint density at radius 1 is 1.35 bits per heavy atom. The van der Waals surface area contributed by atoms with Gasteiger partial charge in [-0.1, -0.05) is 13.8 Å². The summed E-state index contributed by atoms with van der Waals surface area (Å²) >= 11 is 3.52. The highest BCUT2D eigenvalue weighted by molar-refractivity contribution is 9.10. The van der Waals surface area contributed by atoms with Gasteiger partial charge in [-0.25, -0.2) is 4.98 Å². The molecule has 0 aliphatic heterocycles. The lowest BCUT2D eigenvalue weighted by molar-refractivity contribution is 0.619. The third-order valence-corrected chi connectivity index (χ3v) is 3.34. The van der Waals surface area contributed by atoms with Gasteiger partial charge < -0.3 is 9.30 Å². The van der Waals surface area contributed by atoms with Gasteiger partial charge in [0, 0.05) is 26.7 Å². The molecule has 0 aliphatic rings. The first-order valence-corrected chi connectivity index (χ1v) is 6.62. The predicted octanol–water partition coefficient (Wildman–Crippen LogP) is 3.36. The molecule has 0 fully saturated rings. The number of anilines is 1. The molecule has 0 bridgehead atoms. The molecule has 0 N–H and O–H groups in total. The molecule has 2 heterocycles. The fourth-order valence-corrected chi connectivity index (χ4v) is 2.40.